The van der Waals surface area contributed by atoms with Gasteiger partial charge in [0.1, 0.15) is 22.8 Å². The molecule has 2 aromatic heterocycles. The zero-order chi connectivity index (χ0) is 33.8. The SMILES string of the molecule is Cc1cc(C(=O)NC2CCC(NC(=O)c3cc(F)cnc3Oc3cccc(-c4cccc(CN5C[C@@H](C)N[C@@H](C)C5)c4)c3)CC2)nn1C. The molecule has 2 amide bonds. The number of piperazine rings is 1. The number of hydrogen-bond acceptors (Lipinski definition) is 7. The van der Waals surface area contributed by atoms with Crippen LogP contribution in [0, 0.1) is 12.7 Å². The van der Waals surface area contributed by atoms with Crippen LogP contribution in [0.4, 0.5) is 4.39 Å². The molecular formula is C37H44FN7O3. The van der Waals surface area contributed by atoms with Crippen LogP contribution in [0.1, 0.15) is 71.6 Å². The van der Waals surface area contributed by atoms with Crippen molar-refractivity contribution >= 4 is 11.8 Å². The molecule has 48 heavy (non-hydrogen) atoms. The Balaban J connectivity index is 1.08. The van der Waals surface area contributed by atoms with E-state index in [4.69, 9.17) is 4.74 Å². The highest BCUT2D eigenvalue weighted by atomic mass is 19.1. The number of nitrogens with one attached hydrogen (secondary N) is 3. The van der Waals surface area contributed by atoms with Crippen molar-refractivity contribution in [3.05, 3.63) is 95.2 Å². The molecule has 2 aliphatic rings. The van der Waals surface area contributed by atoms with Crippen LogP contribution in [0.2, 0.25) is 0 Å². The van der Waals surface area contributed by atoms with Crippen LogP contribution in [-0.4, -0.2) is 68.7 Å². The fourth-order valence-electron chi connectivity index (χ4n) is 6.77. The van der Waals surface area contributed by atoms with E-state index < -0.39 is 11.7 Å². The van der Waals surface area contributed by atoms with E-state index in [1.165, 1.54) is 5.56 Å². The van der Waals surface area contributed by atoms with Gasteiger partial charge in [0.2, 0.25) is 5.88 Å². The lowest BCUT2D eigenvalue weighted by Crippen LogP contribution is -2.53. The number of aryl methyl sites for hydroxylation is 2. The highest BCUT2D eigenvalue weighted by Gasteiger charge is 2.27. The molecule has 2 fully saturated rings. The molecule has 3 heterocycles. The quantitative estimate of drug-likeness (QED) is 0.223. The van der Waals surface area contributed by atoms with Gasteiger partial charge in [0.15, 0.2) is 0 Å². The number of benzene rings is 2. The van der Waals surface area contributed by atoms with Gasteiger partial charge < -0.3 is 20.7 Å². The van der Waals surface area contributed by atoms with Gasteiger partial charge >= 0.3 is 0 Å². The van der Waals surface area contributed by atoms with Crippen molar-refractivity contribution in [3.63, 3.8) is 0 Å². The lowest BCUT2D eigenvalue weighted by Gasteiger charge is -2.36. The highest BCUT2D eigenvalue weighted by molar-refractivity contribution is 5.96. The highest BCUT2D eigenvalue weighted by Crippen LogP contribution is 2.30. The van der Waals surface area contributed by atoms with Crippen LogP contribution in [0.5, 0.6) is 11.6 Å². The molecule has 252 valence electrons. The predicted molar refractivity (Wildman–Crippen MR) is 182 cm³/mol. The average Bonchev–Trinajstić information content (AvgIpc) is 3.40. The summed E-state index contributed by atoms with van der Waals surface area (Å²) in [6.07, 6.45) is 3.80. The molecule has 10 nitrogen and oxygen atoms in total. The number of pyridine rings is 1. The summed E-state index contributed by atoms with van der Waals surface area (Å²) < 4.78 is 22.1. The smallest absolute Gasteiger partial charge is 0.272 e. The lowest BCUT2D eigenvalue weighted by molar-refractivity contribution is 0.0887. The van der Waals surface area contributed by atoms with Gasteiger partial charge in [0.25, 0.3) is 11.8 Å². The van der Waals surface area contributed by atoms with Gasteiger partial charge in [-0.05, 0) is 93.5 Å². The molecule has 0 unspecified atom stereocenters. The molecule has 2 atom stereocenters. The van der Waals surface area contributed by atoms with Gasteiger partial charge in [0, 0.05) is 56.5 Å². The molecule has 0 radical (unpaired) electrons. The number of carbonyl (C=O) groups is 2. The van der Waals surface area contributed by atoms with Crippen LogP contribution in [0.25, 0.3) is 11.1 Å². The first-order chi connectivity index (χ1) is 23.1. The maximum Gasteiger partial charge on any atom is 0.272 e. The van der Waals surface area contributed by atoms with Gasteiger partial charge in [-0.2, -0.15) is 5.10 Å². The maximum atomic E-state index is 14.3. The third-order valence-electron chi connectivity index (χ3n) is 9.15. The Morgan fingerprint density at radius 2 is 1.56 bits per heavy atom. The van der Waals surface area contributed by atoms with Gasteiger partial charge in [-0.1, -0.05) is 30.3 Å². The van der Waals surface area contributed by atoms with Crippen molar-refractivity contribution in [2.45, 2.75) is 77.2 Å². The van der Waals surface area contributed by atoms with Crippen molar-refractivity contribution in [1.29, 1.82) is 0 Å². The number of hydrogen-bond donors (Lipinski definition) is 3. The standard InChI is InChI=1S/C37H44FN7O3/c1-23-20-45(21-24(2)40-23)22-26-7-5-8-27(16-26)28-9-6-10-32(17-28)48-37-33(18-29(38)19-39-37)35(46)41-30-11-13-31(14-12-30)42-36(47)34-15-25(3)44(4)43-34/h5-10,15-19,23-24,30-31,40H,11-14,20-22H2,1-4H3,(H,41,46)(H,42,47)/t23-,24+,30?,31?. The van der Waals surface area contributed by atoms with Gasteiger partial charge in [-0.3, -0.25) is 19.2 Å². The summed E-state index contributed by atoms with van der Waals surface area (Å²) in [5.41, 5.74) is 4.59. The molecule has 2 aromatic carbocycles. The van der Waals surface area contributed by atoms with Crippen LogP contribution in [0.15, 0.2) is 66.9 Å². The molecule has 1 aliphatic carbocycles. The van der Waals surface area contributed by atoms with E-state index in [1.54, 1.807) is 23.9 Å². The Bertz CT molecular complexity index is 1740. The first-order valence-electron chi connectivity index (χ1n) is 16.7. The van der Waals surface area contributed by atoms with Crippen molar-refractivity contribution in [3.8, 4) is 22.8 Å². The normalized spacial score (nSPS) is 21.4. The number of carbonyl (C=O) groups excluding carboxylic acids is 2. The zero-order valence-corrected chi connectivity index (χ0v) is 28.0. The van der Waals surface area contributed by atoms with Gasteiger partial charge in [-0.25, -0.2) is 9.37 Å². The number of amides is 2. The van der Waals surface area contributed by atoms with E-state index in [1.807, 2.05) is 25.1 Å². The van der Waals surface area contributed by atoms with E-state index in [9.17, 15) is 14.0 Å². The molecule has 1 aliphatic heterocycles. The van der Waals surface area contributed by atoms with Crippen LogP contribution in [-0.2, 0) is 13.6 Å². The second-order valence-electron chi connectivity index (χ2n) is 13.3. The monoisotopic (exact) mass is 653 g/mol. The Labute approximate surface area is 281 Å². The minimum Gasteiger partial charge on any atom is -0.438 e. The van der Waals surface area contributed by atoms with E-state index in [0.29, 0.717) is 49.2 Å². The maximum absolute atomic E-state index is 14.3. The predicted octanol–water partition coefficient (Wildman–Crippen LogP) is 5.38. The molecule has 6 rings (SSSR count). The fourth-order valence-corrected chi connectivity index (χ4v) is 6.77. The lowest BCUT2D eigenvalue weighted by atomic mass is 9.91. The molecule has 1 saturated carbocycles. The van der Waals surface area contributed by atoms with Crippen molar-refractivity contribution in [2.24, 2.45) is 7.05 Å². The van der Waals surface area contributed by atoms with E-state index >= 15 is 0 Å². The van der Waals surface area contributed by atoms with E-state index in [0.717, 1.165) is 48.7 Å². The largest absolute Gasteiger partial charge is 0.438 e. The topological polar surface area (TPSA) is 113 Å². The van der Waals surface area contributed by atoms with Gasteiger partial charge in [-0.15, -0.1) is 0 Å². The summed E-state index contributed by atoms with van der Waals surface area (Å²) >= 11 is 0. The Kier molecular flexibility index (Phi) is 10.2. The third kappa shape index (κ3) is 8.26. The summed E-state index contributed by atoms with van der Waals surface area (Å²) in [6, 6.07) is 19.8. The molecule has 3 N–H and O–H groups in total. The van der Waals surface area contributed by atoms with Crippen LogP contribution in [0.3, 0.4) is 0 Å². The summed E-state index contributed by atoms with van der Waals surface area (Å²) in [4.78, 5) is 32.7. The van der Waals surface area contributed by atoms with Crippen LogP contribution >= 0.6 is 0 Å². The molecule has 1 saturated heterocycles. The summed E-state index contributed by atoms with van der Waals surface area (Å²) in [6.45, 7) is 9.22. The molecule has 0 bridgehead atoms. The summed E-state index contributed by atoms with van der Waals surface area (Å²) in [7, 11) is 1.80. The fraction of sp³-hybridized carbons (Fsp3) is 0.405. The van der Waals surface area contributed by atoms with Crippen molar-refractivity contribution < 1.29 is 18.7 Å². The number of aromatic nitrogens is 3. The zero-order valence-electron chi connectivity index (χ0n) is 28.0. The molecular weight excluding hydrogens is 609 g/mol. The van der Waals surface area contributed by atoms with Gasteiger partial charge in [0.05, 0.1) is 6.20 Å². The molecule has 0 spiro atoms. The first kappa shape index (κ1) is 33.3. The number of rotatable bonds is 9. The number of ether oxygens (including phenoxy) is 1. The van der Waals surface area contributed by atoms with Crippen molar-refractivity contribution in [1.82, 2.24) is 35.6 Å². The van der Waals surface area contributed by atoms with Crippen LogP contribution < -0.4 is 20.7 Å². The third-order valence-corrected chi connectivity index (χ3v) is 9.15. The Morgan fingerprint density at radius 3 is 2.23 bits per heavy atom. The number of nitrogens with zero attached hydrogens (tertiary/aromatic N) is 4. The molecule has 11 heteroatoms. The Morgan fingerprint density at radius 1 is 0.917 bits per heavy atom. The van der Waals surface area contributed by atoms with E-state index in [2.05, 4.69) is 69.0 Å². The summed E-state index contributed by atoms with van der Waals surface area (Å²) in [5, 5.41) is 13.9. The second-order valence-corrected chi connectivity index (χ2v) is 13.3. The first-order valence-corrected chi connectivity index (χ1v) is 16.7. The van der Waals surface area contributed by atoms with Crippen molar-refractivity contribution in [2.75, 3.05) is 13.1 Å². The molecule has 4 aromatic rings. The Hall–Kier alpha value is -4.61. The second kappa shape index (κ2) is 14.7. The average molecular weight is 654 g/mol. The minimum atomic E-state index is -0.623. The summed E-state index contributed by atoms with van der Waals surface area (Å²) in [5.74, 6) is -0.741. The van der Waals surface area contributed by atoms with E-state index in [-0.39, 0.29) is 29.4 Å². The minimum absolute atomic E-state index is 0.00914. The number of halogens is 1.